The molecular formula is C18H20ClFN2O3. The van der Waals surface area contributed by atoms with Gasteiger partial charge in [0.1, 0.15) is 5.82 Å². The highest BCUT2D eigenvalue weighted by Gasteiger charge is 2.19. The Labute approximate surface area is 150 Å². The number of aryl methyl sites for hydroxylation is 2. The van der Waals surface area contributed by atoms with Crippen LogP contribution in [0.25, 0.3) is 0 Å². The van der Waals surface area contributed by atoms with Crippen LogP contribution in [0.3, 0.4) is 0 Å². The summed E-state index contributed by atoms with van der Waals surface area (Å²) in [6, 6.07) is 3.78. The number of carbonyl (C=O) groups excluding carboxylic acids is 2. The molecular weight excluding hydrogens is 347 g/mol. The van der Waals surface area contributed by atoms with Crippen LogP contribution in [0, 0.1) is 19.7 Å². The minimum atomic E-state index is -0.466. The van der Waals surface area contributed by atoms with E-state index in [4.69, 9.17) is 16.3 Å². The molecule has 2 aromatic rings. The van der Waals surface area contributed by atoms with Gasteiger partial charge < -0.3 is 15.0 Å². The second-order valence-electron chi connectivity index (χ2n) is 5.62. The van der Waals surface area contributed by atoms with Crippen LogP contribution in [0.15, 0.2) is 18.2 Å². The van der Waals surface area contributed by atoms with Gasteiger partial charge in [0.05, 0.1) is 22.9 Å². The van der Waals surface area contributed by atoms with Crippen molar-refractivity contribution in [1.82, 2.24) is 4.98 Å². The van der Waals surface area contributed by atoms with E-state index in [1.165, 1.54) is 12.1 Å². The molecule has 2 N–H and O–H groups in total. The molecule has 1 amide bonds. The lowest BCUT2D eigenvalue weighted by Crippen LogP contribution is -2.13. The van der Waals surface area contributed by atoms with Gasteiger partial charge in [-0.05, 0) is 51.0 Å². The topological polar surface area (TPSA) is 71.2 Å². The second-order valence-corrected chi connectivity index (χ2v) is 6.03. The standard InChI is InChI=1S/C18H20ClFN2O3/c1-4-25-18(24)17-10(2)14(21-11(17)3)7-8-16(23)22-15-6-5-12(20)9-13(15)19/h5-6,9,21H,4,7-8H2,1-3H3,(H,22,23). The summed E-state index contributed by atoms with van der Waals surface area (Å²) in [4.78, 5) is 27.2. The zero-order valence-electron chi connectivity index (χ0n) is 14.3. The van der Waals surface area contributed by atoms with Crippen LogP contribution in [0.5, 0.6) is 0 Å². The molecule has 0 aliphatic rings. The molecule has 0 saturated carbocycles. The van der Waals surface area contributed by atoms with Crippen molar-refractivity contribution in [1.29, 1.82) is 0 Å². The maximum atomic E-state index is 13.0. The number of aromatic amines is 1. The molecule has 5 nitrogen and oxygen atoms in total. The molecule has 1 heterocycles. The number of carbonyl (C=O) groups is 2. The SMILES string of the molecule is CCOC(=O)c1c(C)[nH]c(CCC(=O)Nc2ccc(F)cc2Cl)c1C. The van der Waals surface area contributed by atoms with Crippen molar-refractivity contribution < 1.29 is 18.7 Å². The van der Waals surface area contributed by atoms with Crippen molar-refractivity contribution in [2.75, 3.05) is 11.9 Å². The summed E-state index contributed by atoms with van der Waals surface area (Å²) < 4.78 is 18.1. The third-order valence-corrected chi connectivity index (χ3v) is 4.14. The Morgan fingerprint density at radius 3 is 2.68 bits per heavy atom. The van der Waals surface area contributed by atoms with E-state index >= 15 is 0 Å². The van der Waals surface area contributed by atoms with Crippen molar-refractivity contribution in [3.8, 4) is 0 Å². The number of hydrogen-bond acceptors (Lipinski definition) is 3. The first kappa shape index (κ1) is 19.0. The molecule has 0 radical (unpaired) electrons. The number of rotatable bonds is 6. The van der Waals surface area contributed by atoms with E-state index in [1.54, 1.807) is 13.8 Å². The largest absolute Gasteiger partial charge is 0.462 e. The highest BCUT2D eigenvalue weighted by atomic mass is 35.5. The Morgan fingerprint density at radius 1 is 1.32 bits per heavy atom. The van der Waals surface area contributed by atoms with Gasteiger partial charge in [0.25, 0.3) is 0 Å². The van der Waals surface area contributed by atoms with E-state index in [1.807, 2.05) is 6.92 Å². The molecule has 0 aliphatic heterocycles. The van der Waals surface area contributed by atoms with Gasteiger partial charge in [-0.2, -0.15) is 0 Å². The summed E-state index contributed by atoms with van der Waals surface area (Å²) >= 11 is 5.89. The number of esters is 1. The van der Waals surface area contributed by atoms with E-state index in [2.05, 4.69) is 10.3 Å². The number of anilines is 1. The zero-order chi connectivity index (χ0) is 18.6. The molecule has 0 unspecified atom stereocenters. The molecule has 2 rings (SSSR count). The third kappa shape index (κ3) is 4.60. The van der Waals surface area contributed by atoms with Crippen molar-refractivity contribution in [2.45, 2.75) is 33.6 Å². The number of benzene rings is 1. The van der Waals surface area contributed by atoms with Crippen LogP contribution in [0.4, 0.5) is 10.1 Å². The molecule has 0 spiro atoms. The normalized spacial score (nSPS) is 10.6. The quantitative estimate of drug-likeness (QED) is 0.753. The van der Waals surface area contributed by atoms with E-state index in [0.29, 0.717) is 30.0 Å². The van der Waals surface area contributed by atoms with Crippen LogP contribution in [-0.4, -0.2) is 23.5 Å². The highest BCUT2D eigenvalue weighted by molar-refractivity contribution is 6.33. The average Bonchev–Trinajstić information content (AvgIpc) is 2.82. The minimum absolute atomic E-state index is 0.143. The number of aromatic nitrogens is 1. The summed E-state index contributed by atoms with van der Waals surface area (Å²) in [5.41, 5.74) is 3.18. The first-order valence-corrected chi connectivity index (χ1v) is 8.31. The smallest absolute Gasteiger partial charge is 0.340 e. The lowest BCUT2D eigenvalue weighted by Gasteiger charge is -2.07. The lowest BCUT2D eigenvalue weighted by atomic mass is 10.1. The predicted molar refractivity (Wildman–Crippen MR) is 94.6 cm³/mol. The minimum Gasteiger partial charge on any atom is -0.462 e. The van der Waals surface area contributed by atoms with Gasteiger partial charge in [0, 0.05) is 17.8 Å². The van der Waals surface area contributed by atoms with Crippen LogP contribution >= 0.6 is 11.6 Å². The van der Waals surface area contributed by atoms with Gasteiger partial charge in [0.15, 0.2) is 0 Å². The Kier molecular flexibility index (Phi) is 6.20. The van der Waals surface area contributed by atoms with Crippen molar-refractivity contribution in [3.63, 3.8) is 0 Å². The fourth-order valence-electron chi connectivity index (χ4n) is 2.62. The molecule has 1 aromatic carbocycles. The molecule has 25 heavy (non-hydrogen) atoms. The van der Waals surface area contributed by atoms with Crippen molar-refractivity contribution in [2.24, 2.45) is 0 Å². The maximum absolute atomic E-state index is 13.0. The zero-order valence-corrected chi connectivity index (χ0v) is 15.1. The fourth-order valence-corrected chi connectivity index (χ4v) is 2.83. The molecule has 0 bridgehead atoms. The van der Waals surface area contributed by atoms with Gasteiger partial charge in [-0.3, -0.25) is 4.79 Å². The number of halogens is 2. The van der Waals surface area contributed by atoms with Crippen molar-refractivity contribution in [3.05, 3.63) is 51.6 Å². The monoisotopic (exact) mass is 366 g/mol. The molecule has 134 valence electrons. The van der Waals surface area contributed by atoms with Crippen LogP contribution in [0.1, 0.15) is 40.7 Å². The number of nitrogens with one attached hydrogen (secondary N) is 2. The second kappa shape index (κ2) is 8.16. The van der Waals surface area contributed by atoms with Crippen LogP contribution < -0.4 is 5.32 Å². The molecule has 0 saturated heterocycles. The van der Waals surface area contributed by atoms with Gasteiger partial charge in [-0.1, -0.05) is 11.6 Å². The Balaban J connectivity index is 2.02. The first-order valence-electron chi connectivity index (χ1n) is 7.93. The summed E-state index contributed by atoms with van der Waals surface area (Å²) in [7, 11) is 0. The summed E-state index contributed by atoms with van der Waals surface area (Å²) in [6.45, 7) is 5.67. The van der Waals surface area contributed by atoms with Gasteiger partial charge in [-0.15, -0.1) is 0 Å². The number of amides is 1. The molecule has 1 aromatic heterocycles. The van der Waals surface area contributed by atoms with Gasteiger partial charge in [0.2, 0.25) is 5.91 Å². The number of ether oxygens (including phenoxy) is 1. The molecule has 7 heteroatoms. The van der Waals surface area contributed by atoms with Crippen molar-refractivity contribution >= 4 is 29.2 Å². The summed E-state index contributed by atoms with van der Waals surface area (Å²) in [5, 5.41) is 2.79. The van der Waals surface area contributed by atoms with Gasteiger partial charge >= 0.3 is 5.97 Å². The summed E-state index contributed by atoms with van der Waals surface area (Å²) in [6.07, 6.45) is 0.619. The first-order chi connectivity index (χ1) is 11.8. The fraction of sp³-hybridized carbons (Fsp3) is 0.333. The molecule has 0 aliphatic carbocycles. The predicted octanol–water partition coefficient (Wildman–Crippen LogP) is 4.17. The highest BCUT2D eigenvalue weighted by Crippen LogP contribution is 2.23. The average molecular weight is 367 g/mol. The van der Waals surface area contributed by atoms with E-state index < -0.39 is 5.82 Å². The Morgan fingerprint density at radius 2 is 2.04 bits per heavy atom. The van der Waals surface area contributed by atoms with Crippen LogP contribution in [-0.2, 0) is 16.0 Å². The maximum Gasteiger partial charge on any atom is 0.340 e. The number of H-pyrrole nitrogens is 1. The molecule has 0 fully saturated rings. The van der Waals surface area contributed by atoms with Crippen LogP contribution in [0.2, 0.25) is 5.02 Å². The lowest BCUT2D eigenvalue weighted by molar-refractivity contribution is -0.116. The van der Waals surface area contributed by atoms with E-state index in [0.717, 1.165) is 17.3 Å². The van der Waals surface area contributed by atoms with E-state index in [9.17, 15) is 14.0 Å². The van der Waals surface area contributed by atoms with E-state index in [-0.39, 0.29) is 23.3 Å². The third-order valence-electron chi connectivity index (χ3n) is 3.83. The molecule has 0 atom stereocenters. The van der Waals surface area contributed by atoms with Gasteiger partial charge in [-0.25, -0.2) is 9.18 Å². The summed E-state index contributed by atoms with van der Waals surface area (Å²) in [5.74, 6) is -1.09. The Hall–Kier alpha value is -2.34. The number of hydrogen-bond donors (Lipinski definition) is 2. The Bertz CT molecular complexity index is 802.